The van der Waals surface area contributed by atoms with E-state index in [1.807, 2.05) is 13.0 Å². The van der Waals surface area contributed by atoms with E-state index in [4.69, 9.17) is 5.11 Å². The molecule has 2 aromatic rings. The van der Waals surface area contributed by atoms with Crippen LogP contribution >= 0.6 is 11.5 Å². The van der Waals surface area contributed by atoms with Crippen LogP contribution in [0.15, 0.2) is 30.3 Å². The minimum atomic E-state index is -1.07. The third kappa shape index (κ3) is 3.63. The second-order valence-electron chi connectivity index (χ2n) is 4.42. The van der Waals surface area contributed by atoms with Crippen LogP contribution in [0.3, 0.4) is 0 Å². The minimum absolute atomic E-state index is 0.373. The maximum atomic E-state index is 12.6. The molecular weight excluding hydrogens is 290 g/mol. The molecule has 6 nitrogen and oxygen atoms in total. The van der Waals surface area contributed by atoms with Crippen LogP contribution in [-0.2, 0) is 11.2 Å². The summed E-state index contributed by atoms with van der Waals surface area (Å²) in [4.78, 5) is 25.3. The smallest absolute Gasteiger partial charge is 0.323 e. The topological polar surface area (TPSA) is 83.4 Å². The van der Waals surface area contributed by atoms with Crippen LogP contribution in [-0.4, -0.2) is 33.1 Å². The Balaban J connectivity index is 2.34. The van der Waals surface area contributed by atoms with E-state index in [9.17, 15) is 9.59 Å². The van der Waals surface area contributed by atoms with E-state index in [2.05, 4.69) is 9.59 Å². The summed E-state index contributed by atoms with van der Waals surface area (Å²) in [5.41, 5.74) is 1.17. The number of carbonyl (C=O) groups excluding carboxylic acids is 1. The van der Waals surface area contributed by atoms with E-state index in [-0.39, 0.29) is 5.91 Å². The highest BCUT2D eigenvalue weighted by Gasteiger charge is 2.25. The van der Waals surface area contributed by atoms with E-state index < -0.39 is 12.5 Å². The molecule has 110 valence electrons. The third-order valence-corrected chi connectivity index (χ3v) is 3.60. The molecule has 0 aliphatic rings. The molecule has 7 heteroatoms. The zero-order valence-corrected chi connectivity index (χ0v) is 12.3. The molecule has 0 fully saturated rings. The number of aromatic nitrogens is 2. The quantitative estimate of drug-likeness (QED) is 0.884. The number of carboxylic acids is 1. The molecule has 21 heavy (non-hydrogen) atoms. The first kappa shape index (κ1) is 15.1. The molecule has 1 aromatic carbocycles. The number of aliphatic carboxylic acids is 1. The summed E-state index contributed by atoms with van der Waals surface area (Å²) >= 11 is 1.00. The van der Waals surface area contributed by atoms with Gasteiger partial charge in [-0.1, -0.05) is 36.0 Å². The molecule has 2 rings (SSSR count). The maximum Gasteiger partial charge on any atom is 0.323 e. The van der Waals surface area contributed by atoms with Gasteiger partial charge in [-0.3, -0.25) is 14.5 Å². The molecule has 0 spiro atoms. The molecule has 0 radical (unpaired) electrons. The van der Waals surface area contributed by atoms with Crippen LogP contribution in [0, 0.1) is 0 Å². The highest BCUT2D eigenvalue weighted by molar-refractivity contribution is 7.08. The van der Waals surface area contributed by atoms with Gasteiger partial charge in [0, 0.05) is 5.69 Å². The van der Waals surface area contributed by atoms with Crippen molar-refractivity contribution in [2.45, 2.75) is 19.8 Å². The van der Waals surface area contributed by atoms with Gasteiger partial charge in [-0.15, -0.1) is 5.10 Å². The summed E-state index contributed by atoms with van der Waals surface area (Å²) in [6, 6.07) is 8.73. The summed E-state index contributed by atoms with van der Waals surface area (Å²) in [6.45, 7) is 1.59. The van der Waals surface area contributed by atoms with Crippen LogP contribution in [0.5, 0.6) is 0 Å². The Hall–Kier alpha value is -2.28. The van der Waals surface area contributed by atoms with E-state index in [0.29, 0.717) is 22.7 Å². The fraction of sp³-hybridized carbons (Fsp3) is 0.286. The van der Waals surface area contributed by atoms with E-state index in [1.165, 1.54) is 4.90 Å². The van der Waals surface area contributed by atoms with Crippen molar-refractivity contribution in [1.82, 2.24) is 9.59 Å². The second kappa shape index (κ2) is 6.94. The number of carboxylic acid groups (broad SMARTS) is 1. The summed E-state index contributed by atoms with van der Waals surface area (Å²) in [6.07, 6.45) is 1.49. The molecule has 1 heterocycles. The van der Waals surface area contributed by atoms with Gasteiger partial charge in [0.2, 0.25) is 0 Å². The number of anilines is 1. The largest absolute Gasteiger partial charge is 0.480 e. The first-order valence-electron chi connectivity index (χ1n) is 6.53. The predicted octanol–water partition coefficient (Wildman–Crippen LogP) is 2.22. The number of hydrogen-bond donors (Lipinski definition) is 1. The van der Waals surface area contributed by atoms with Gasteiger partial charge in [-0.25, -0.2) is 0 Å². The number of benzene rings is 1. The lowest BCUT2D eigenvalue weighted by molar-refractivity contribution is -0.135. The van der Waals surface area contributed by atoms with Gasteiger partial charge >= 0.3 is 5.97 Å². The summed E-state index contributed by atoms with van der Waals surface area (Å²) in [5.74, 6) is -1.44. The molecule has 1 aromatic heterocycles. The standard InChI is InChI=1S/C14H15N3O3S/c1-2-6-11-13(21-16-15-11)14(20)17(9-12(18)19)10-7-4-3-5-8-10/h3-5,7-8H,2,6,9H2,1H3,(H,18,19). The van der Waals surface area contributed by atoms with Gasteiger partial charge in [0.25, 0.3) is 5.91 Å². The molecule has 0 atom stereocenters. The first-order valence-corrected chi connectivity index (χ1v) is 7.30. The van der Waals surface area contributed by atoms with Gasteiger partial charge in [-0.2, -0.15) is 0 Å². The molecule has 0 saturated heterocycles. The number of amides is 1. The van der Waals surface area contributed by atoms with Crippen molar-refractivity contribution in [2.24, 2.45) is 0 Å². The van der Waals surface area contributed by atoms with Crippen molar-refractivity contribution in [3.05, 3.63) is 40.9 Å². The van der Waals surface area contributed by atoms with E-state index >= 15 is 0 Å². The van der Waals surface area contributed by atoms with E-state index in [1.54, 1.807) is 24.3 Å². The monoisotopic (exact) mass is 305 g/mol. The Labute approximate surface area is 126 Å². The second-order valence-corrected chi connectivity index (χ2v) is 5.17. The van der Waals surface area contributed by atoms with Crippen molar-refractivity contribution in [3.63, 3.8) is 0 Å². The zero-order chi connectivity index (χ0) is 15.2. The van der Waals surface area contributed by atoms with Crippen molar-refractivity contribution in [1.29, 1.82) is 0 Å². The molecule has 1 N–H and O–H groups in total. The molecule has 1 amide bonds. The Morgan fingerprint density at radius 1 is 1.29 bits per heavy atom. The molecule has 0 aliphatic heterocycles. The maximum absolute atomic E-state index is 12.6. The third-order valence-electron chi connectivity index (χ3n) is 2.84. The van der Waals surface area contributed by atoms with Crippen LogP contribution in [0.25, 0.3) is 0 Å². The average Bonchev–Trinajstić information content (AvgIpc) is 2.93. The Bertz CT molecular complexity index is 627. The minimum Gasteiger partial charge on any atom is -0.480 e. The lowest BCUT2D eigenvalue weighted by Gasteiger charge is -2.20. The summed E-state index contributed by atoms with van der Waals surface area (Å²) in [5, 5.41) is 13.0. The zero-order valence-electron chi connectivity index (χ0n) is 11.5. The van der Waals surface area contributed by atoms with Crippen molar-refractivity contribution >= 4 is 29.1 Å². The van der Waals surface area contributed by atoms with Crippen molar-refractivity contribution in [2.75, 3.05) is 11.4 Å². The SMILES string of the molecule is CCCc1nnsc1C(=O)N(CC(=O)O)c1ccccc1. The van der Waals surface area contributed by atoms with Gasteiger partial charge in [0.05, 0.1) is 5.69 Å². The Morgan fingerprint density at radius 3 is 2.62 bits per heavy atom. The number of nitrogens with zero attached hydrogens (tertiary/aromatic N) is 3. The normalized spacial score (nSPS) is 10.3. The Kier molecular flexibility index (Phi) is 4.99. The number of aryl methyl sites for hydroxylation is 1. The molecule has 0 bridgehead atoms. The predicted molar refractivity (Wildman–Crippen MR) is 79.7 cm³/mol. The number of carbonyl (C=O) groups is 2. The van der Waals surface area contributed by atoms with Crippen LogP contribution in [0.1, 0.15) is 28.7 Å². The summed E-state index contributed by atoms with van der Waals surface area (Å²) in [7, 11) is 0. The highest BCUT2D eigenvalue weighted by Crippen LogP contribution is 2.20. The van der Waals surface area contributed by atoms with Crippen LogP contribution < -0.4 is 4.90 Å². The lowest BCUT2D eigenvalue weighted by Crippen LogP contribution is -2.35. The molecule has 0 saturated carbocycles. The van der Waals surface area contributed by atoms with E-state index in [0.717, 1.165) is 18.0 Å². The van der Waals surface area contributed by atoms with Gasteiger partial charge in [-0.05, 0) is 30.1 Å². The van der Waals surface area contributed by atoms with Crippen molar-refractivity contribution in [3.8, 4) is 0 Å². The number of hydrogen-bond acceptors (Lipinski definition) is 5. The van der Waals surface area contributed by atoms with Gasteiger partial charge in [0.15, 0.2) is 0 Å². The van der Waals surface area contributed by atoms with Crippen molar-refractivity contribution < 1.29 is 14.7 Å². The molecule has 0 aliphatic carbocycles. The Morgan fingerprint density at radius 2 is 2.00 bits per heavy atom. The van der Waals surface area contributed by atoms with Crippen LogP contribution in [0.2, 0.25) is 0 Å². The lowest BCUT2D eigenvalue weighted by atomic mass is 10.2. The van der Waals surface area contributed by atoms with Gasteiger partial charge < -0.3 is 5.11 Å². The van der Waals surface area contributed by atoms with Gasteiger partial charge in [0.1, 0.15) is 11.4 Å². The fourth-order valence-electron chi connectivity index (χ4n) is 1.92. The fourth-order valence-corrected chi connectivity index (χ4v) is 2.58. The number of rotatable bonds is 6. The summed E-state index contributed by atoms with van der Waals surface area (Å²) < 4.78 is 3.81. The average molecular weight is 305 g/mol. The van der Waals surface area contributed by atoms with Crippen LogP contribution in [0.4, 0.5) is 5.69 Å². The number of para-hydroxylation sites is 1. The first-order chi connectivity index (χ1) is 10.1. The molecule has 0 unspecified atom stereocenters. The molecular formula is C14H15N3O3S. The highest BCUT2D eigenvalue weighted by atomic mass is 32.1.